The Labute approximate surface area is 209 Å². The van der Waals surface area contributed by atoms with E-state index in [0.29, 0.717) is 29.9 Å². The fourth-order valence-electron chi connectivity index (χ4n) is 4.34. The van der Waals surface area contributed by atoms with Gasteiger partial charge in [0.2, 0.25) is 5.91 Å². The van der Waals surface area contributed by atoms with E-state index in [2.05, 4.69) is 20.6 Å². The lowest BCUT2D eigenvalue weighted by Gasteiger charge is -2.12. The Hall–Kier alpha value is -3.02. The van der Waals surface area contributed by atoms with Crippen LogP contribution in [0.2, 0.25) is 0 Å². The summed E-state index contributed by atoms with van der Waals surface area (Å²) >= 11 is 3.04. The third kappa shape index (κ3) is 5.16. The molecule has 9 nitrogen and oxygen atoms in total. The molecular formula is C24H27N5O4S2. The maximum absolute atomic E-state index is 13.0. The molecule has 0 spiro atoms. The van der Waals surface area contributed by atoms with Crippen molar-refractivity contribution in [2.45, 2.75) is 51.3 Å². The standard InChI is InChI=1S/C24H27N5O4S2/c1-33-14-8-9-16-18(11-14)35-24(27-16)28-19(30)7-4-10-25-20(31)12-29-13-26-22-21(23(29)32)15-5-2-3-6-17(15)34-22/h8-9,11,13,19,30H,2-7,10,12H2,1H3,(H,25,31)(H,27,28). The summed E-state index contributed by atoms with van der Waals surface area (Å²) in [5.74, 6) is 0.511. The molecule has 0 radical (unpaired) electrons. The minimum atomic E-state index is -0.784. The van der Waals surface area contributed by atoms with E-state index in [0.717, 1.165) is 52.0 Å². The molecule has 35 heavy (non-hydrogen) atoms. The fraction of sp³-hybridized carbons (Fsp3) is 0.417. The van der Waals surface area contributed by atoms with Gasteiger partial charge in [0.25, 0.3) is 5.56 Å². The second-order valence-corrected chi connectivity index (χ2v) is 10.7. The Bertz CT molecular complexity index is 1430. The van der Waals surface area contributed by atoms with E-state index in [9.17, 15) is 14.7 Å². The highest BCUT2D eigenvalue weighted by atomic mass is 32.1. The van der Waals surface area contributed by atoms with Crippen molar-refractivity contribution in [1.29, 1.82) is 0 Å². The number of amides is 1. The summed E-state index contributed by atoms with van der Waals surface area (Å²) in [6.07, 6.45) is 5.84. The second kappa shape index (κ2) is 10.3. The Morgan fingerprint density at radius 3 is 3.00 bits per heavy atom. The molecule has 4 aromatic rings. The van der Waals surface area contributed by atoms with Crippen LogP contribution in [-0.2, 0) is 24.2 Å². The molecule has 1 aliphatic rings. The number of aryl methyl sites for hydroxylation is 2. The highest BCUT2D eigenvalue weighted by Gasteiger charge is 2.20. The molecule has 11 heteroatoms. The zero-order chi connectivity index (χ0) is 24.4. The maximum atomic E-state index is 13.0. The number of hydrogen-bond donors (Lipinski definition) is 3. The van der Waals surface area contributed by atoms with Crippen LogP contribution >= 0.6 is 22.7 Å². The van der Waals surface area contributed by atoms with Crippen LogP contribution in [0, 0.1) is 0 Å². The lowest BCUT2D eigenvalue weighted by Crippen LogP contribution is -2.33. The zero-order valence-electron chi connectivity index (χ0n) is 19.4. The topological polar surface area (TPSA) is 118 Å². The average molecular weight is 514 g/mol. The van der Waals surface area contributed by atoms with Gasteiger partial charge in [-0.15, -0.1) is 11.3 Å². The molecule has 1 aromatic carbocycles. The van der Waals surface area contributed by atoms with Gasteiger partial charge >= 0.3 is 0 Å². The largest absolute Gasteiger partial charge is 0.497 e. The van der Waals surface area contributed by atoms with Crippen molar-refractivity contribution in [3.8, 4) is 5.75 Å². The van der Waals surface area contributed by atoms with Crippen LogP contribution in [0.25, 0.3) is 20.4 Å². The van der Waals surface area contributed by atoms with Crippen LogP contribution in [0.5, 0.6) is 5.75 Å². The molecule has 0 aliphatic heterocycles. The Morgan fingerprint density at radius 2 is 2.14 bits per heavy atom. The number of aromatic nitrogens is 3. The van der Waals surface area contributed by atoms with E-state index >= 15 is 0 Å². The first kappa shape index (κ1) is 23.7. The number of rotatable bonds is 9. The summed E-state index contributed by atoms with van der Waals surface area (Å²) in [7, 11) is 1.62. The van der Waals surface area contributed by atoms with Crippen molar-refractivity contribution in [1.82, 2.24) is 19.9 Å². The summed E-state index contributed by atoms with van der Waals surface area (Å²) in [4.78, 5) is 36.3. The predicted octanol–water partition coefficient (Wildman–Crippen LogP) is 3.28. The predicted molar refractivity (Wildman–Crippen MR) is 139 cm³/mol. The SMILES string of the molecule is COc1ccc2nc(NC(O)CCCNC(=O)Cn3cnc4sc5c(c4c3=O)CCCC5)sc2c1. The highest BCUT2D eigenvalue weighted by molar-refractivity contribution is 7.22. The minimum absolute atomic E-state index is 0.0671. The number of nitrogens with one attached hydrogen (secondary N) is 2. The number of thiazole rings is 1. The van der Waals surface area contributed by atoms with Crippen LogP contribution in [-0.4, -0.2) is 45.4 Å². The summed E-state index contributed by atoms with van der Waals surface area (Å²) in [5.41, 5.74) is 1.82. The number of fused-ring (bicyclic) bond motifs is 4. The summed E-state index contributed by atoms with van der Waals surface area (Å²) < 4.78 is 7.59. The molecule has 0 saturated carbocycles. The Kier molecular flexibility index (Phi) is 6.98. The van der Waals surface area contributed by atoms with E-state index in [1.165, 1.54) is 27.1 Å². The van der Waals surface area contributed by atoms with Crippen molar-refractivity contribution in [3.63, 3.8) is 0 Å². The van der Waals surface area contributed by atoms with Crippen LogP contribution in [0.15, 0.2) is 29.3 Å². The number of thiophene rings is 1. The number of aliphatic hydroxyl groups is 1. The quantitative estimate of drug-likeness (QED) is 0.232. The third-order valence-corrected chi connectivity index (χ3v) is 8.27. The van der Waals surface area contributed by atoms with Gasteiger partial charge in [0.1, 0.15) is 23.4 Å². The van der Waals surface area contributed by atoms with Gasteiger partial charge in [0.05, 0.1) is 29.0 Å². The fourth-order valence-corrected chi connectivity index (χ4v) is 6.50. The molecule has 0 fully saturated rings. The number of carbonyl (C=O) groups is 1. The van der Waals surface area contributed by atoms with Crippen molar-refractivity contribution in [2.75, 3.05) is 19.0 Å². The summed E-state index contributed by atoms with van der Waals surface area (Å²) in [6.45, 7) is 0.329. The van der Waals surface area contributed by atoms with Gasteiger partial charge < -0.3 is 20.5 Å². The van der Waals surface area contributed by atoms with Crippen molar-refractivity contribution in [2.24, 2.45) is 0 Å². The van der Waals surface area contributed by atoms with Gasteiger partial charge in [-0.25, -0.2) is 9.97 Å². The monoisotopic (exact) mass is 513 g/mol. The summed E-state index contributed by atoms with van der Waals surface area (Å²) in [5, 5.41) is 17.4. The minimum Gasteiger partial charge on any atom is -0.497 e. The van der Waals surface area contributed by atoms with Crippen molar-refractivity contribution < 1.29 is 14.6 Å². The smallest absolute Gasteiger partial charge is 0.262 e. The number of methoxy groups -OCH3 is 1. The van der Waals surface area contributed by atoms with E-state index in [-0.39, 0.29) is 18.0 Å². The van der Waals surface area contributed by atoms with Crippen LogP contribution in [0.1, 0.15) is 36.1 Å². The van der Waals surface area contributed by atoms with Gasteiger partial charge in [-0.1, -0.05) is 11.3 Å². The normalized spacial score (nSPS) is 14.1. The second-order valence-electron chi connectivity index (χ2n) is 8.57. The average Bonchev–Trinajstić information content (AvgIpc) is 3.43. The van der Waals surface area contributed by atoms with Crippen molar-refractivity contribution in [3.05, 3.63) is 45.3 Å². The van der Waals surface area contributed by atoms with E-state index in [1.807, 2.05) is 18.2 Å². The van der Waals surface area contributed by atoms with Crippen molar-refractivity contribution >= 4 is 54.1 Å². The number of carbonyl (C=O) groups excluding carboxylic acids is 1. The first-order valence-electron chi connectivity index (χ1n) is 11.7. The molecular weight excluding hydrogens is 486 g/mol. The van der Waals surface area contributed by atoms with E-state index < -0.39 is 6.23 Å². The van der Waals surface area contributed by atoms with E-state index in [4.69, 9.17) is 4.74 Å². The molecule has 1 atom stereocenters. The van der Waals surface area contributed by atoms with Gasteiger partial charge in [0, 0.05) is 11.4 Å². The molecule has 5 rings (SSSR count). The molecule has 3 N–H and O–H groups in total. The number of anilines is 1. The molecule has 0 bridgehead atoms. The molecule has 3 aromatic heterocycles. The number of ether oxygens (including phenoxy) is 1. The molecule has 1 unspecified atom stereocenters. The molecule has 1 aliphatic carbocycles. The van der Waals surface area contributed by atoms with Crippen LogP contribution in [0.3, 0.4) is 0 Å². The number of hydrogen-bond acceptors (Lipinski definition) is 9. The molecule has 1 amide bonds. The van der Waals surface area contributed by atoms with Gasteiger partial charge in [-0.2, -0.15) is 0 Å². The van der Waals surface area contributed by atoms with Gasteiger partial charge in [-0.05, 0) is 62.3 Å². The highest BCUT2D eigenvalue weighted by Crippen LogP contribution is 2.33. The zero-order valence-corrected chi connectivity index (χ0v) is 21.0. The lowest BCUT2D eigenvalue weighted by atomic mass is 9.97. The van der Waals surface area contributed by atoms with Crippen LogP contribution in [0.4, 0.5) is 5.13 Å². The third-order valence-electron chi connectivity index (χ3n) is 6.12. The molecule has 184 valence electrons. The molecule has 0 saturated heterocycles. The maximum Gasteiger partial charge on any atom is 0.262 e. The Morgan fingerprint density at radius 1 is 1.29 bits per heavy atom. The number of nitrogens with zero attached hydrogens (tertiary/aromatic N) is 3. The number of aliphatic hydroxyl groups excluding tert-OH is 1. The Balaban J connectivity index is 1.11. The number of benzene rings is 1. The van der Waals surface area contributed by atoms with Crippen LogP contribution < -0.4 is 20.9 Å². The van der Waals surface area contributed by atoms with Gasteiger partial charge in [0.15, 0.2) is 5.13 Å². The van der Waals surface area contributed by atoms with E-state index in [1.54, 1.807) is 18.4 Å². The summed E-state index contributed by atoms with van der Waals surface area (Å²) in [6, 6.07) is 5.64. The first-order chi connectivity index (χ1) is 17.0. The first-order valence-corrected chi connectivity index (χ1v) is 13.3. The molecule has 3 heterocycles. The lowest BCUT2D eigenvalue weighted by molar-refractivity contribution is -0.121. The van der Waals surface area contributed by atoms with Gasteiger partial charge in [-0.3, -0.25) is 14.2 Å².